The maximum absolute atomic E-state index is 12.6. The fourth-order valence-corrected chi connectivity index (χ4v) is 1.26. The number of aromatic nitrogens is 4. The summed E-state index contributed by atoms with van der Waals surface area (Å²) in [4.78, 5) is 0. The van der Waals surface area contributed by atoms with Gasteiger partial charge in [-0.25, -0.2) is 9.07 Å². The number of benzene rings is 1. The molecule has 15 heavy (non-hydrogen) atoms. The number of rotatable bonds is 3. The molecule has 1 heterocycles. The van der Waals surface area contributed by atoms with Gasteiger partial charge in [-0.3, -0.25) is 0 Å². The SMILES string of the molecule is Nc1nnnn1CCc1ccc(F)cc1. The molecule has 78 valence electrons. The summed E-state index contributed by atoms with van der Waals surface area (Å²) in [6.45, 7) is 0.588. The molecule has 2 aromatic rings. The first kappa shape index (κ1) is 9.57. The summed E-state index contributed by atoms with van der Waals surface area (Å²) in [5.74, 6) is 0.0535. The minimum atomic E-state index is -0.235. The van der Waals surface area contributed by atoms with Gasteiger partial charge in [0, 0.05) is 0 Å². The van der Waals surface area contributed by atoms with Crippen LogP contribution in [0, 0.1) is 5.82 Å². The predicted octanol–water partition coefficient (Wildman–Crippen LogP) is 0.637. The van der Waals surface area contributed by atoms with Crippen LogP contribution in [0.15, 0.2) is 24.3 Å². The van der Waals surface area contributed by atoms with Crippen LogP contribution >= 0.6 is 0 Å². The topological polar surface area (TPSA) is 69.6 Å². The molecule has 2 rings (SSSR count). The summed E-state index contributed by atoms with van der Waals surface area (Å²) >= 11 is 0. The van der Waals surface area contributed by atoms with Crippen LogP contribution in [-0.2, 0) is 13.0 Å². The fraction of sp³-hybridized carbons (Fsp3) is 0.222. The van der Waals surface area contributed by atoms with Gasteiger partial charge in [-0.2, -0.15) is 0 Å². The smallest absolute Gasteiger partial charge is 0.240 e. The normalized spacial score (nSPS) is 10.5. The average Bonchev–Trinajstić information content (AvgIpc) is 2.63. The van der Waals surface area contributed by atoms with Crippen molar-refractivity contribution < 1.29 is 4.39 Å². The van der Waals surface area contributed by atoms with Gasteiger partial charge in [-0.15, -0.1) is 0 Å². The number of halogens is 1. The Hall–Kier alpha value is -1.98. The van der Waals surface area contributed by atoms with Crippen LogP contribution in [-0.4, -0.2) is 20.2 Å². The van der Waals surface area contributed by atoms with Gasteiger partial charge in [0.2, 0.25) is 5.95 Å². The molecule has 5 nitrogen and oxygen atoms in total. The van der Waals surface area contributed by atoms with E-state index in [-0.39, 0.29) is 11.8 Å². The van der Waals surface area contributed by atoms with E-state index in [9.17, 15) is 4.39 Å². The standard InChI is InChI=1S/C9H10FN5/c10-8-3-1-7(2-4-8)5-6-15-9(11)12-13-14-15/h1-4H,5-6H2,(H2,11,12,14). The minimum absolute atomic E-state index is 0.235. The molecule has 0 radical (unpaired) electrons. The lowest BCUT2D eigenvalue weighted by molar-refractivity contribution is 0.593. The molecule has 1 aromatic carbocycles. The number of hydrogen-bond donors (Lipinski definition) is 1. The summed E-state index contributed by atoms with van der Waals surface area (Å²) in [5.41, 5.74) is 6.52. The number of nitrogens with zero attached hydrogens (tertiary/aromatic N) is 4. The van der Waals surface area contributed by atoms with E-state index >= 15 is 0 Å². The van der Waals surface area contributed by atoms with Gasteiger partial charge >= 0.3 is 0 Å². The van der Waals surface area contributed by atoms with Gasteiger partial charge in [0.25, 0.3) is 0 Å². The van der Waals surface area contributed by atoms with Gasteiger partial charge in [-0.1, -0.05) is 17.2 Å². The third kappa shape index (κ3) is 2.28. The molecular weight excluding hydrogens is 197 g/mol. The molecule has 2 N–H and O–H groups in total. The molecule has 0 amide bonds. The van der Waals surface area contributed by atoms with Crippen LogP contribution in [0.25, 0.3) is 0 Å². The van der Waals surface area contributed by atoms with E-state index in [2.05, 4.69) is 15.5 Å². The van der Waals surface area contributed by atoms with Crippen LogP contribution in [0.4, 0.5) is 10.3 Å². The maximum atomic E-state index is 12.6. The zero-order valence-electron chi connectivity index (χ0n) is 7.97. The molecule has 0 atom stereocenters. The van der Waals surface area contributed by atoms with Gasteiger partial charge in [0.1, 0.15) is 5.82 Å². The van der Waals surface area contributed by atoms with E-state index in [0.717, 1.165) is 12.0 Å². The van der Waals surface area contributed by atoms with E-state index < -0.39 is 0 Å². The van der Waals surface area contributed by atoms with E-state index in [4.69, 9.17) is 5.73 Å². The Kier molecular flexibility index (Phi) is 2.57. The highest BCUT2D eigenvalue weighted by molar-refractivity contribution is 5.17. The molecule has 0 aliphatic rings. The Bertz CT molecular complexity index is 436. The third-order valence-corrected chi connectivity index (χ3v) is 2.09. The lowest BCUT2D eigenvalue weighted by Crippen LogP contribution is -2.07. The summed E-state index contributed by atoms with van der Waals surface area (Å²) in [6, 6.07) is 6.32. The third-order valence-electron chi connectivity index (χ3n) is 2.09. The van der Waals surface area contributed by atoms with Crippen LogP contribution < -0.4 is 5.73 Å². The van der Waals surface area contributed by atoms with Gasteiger partial charge in [0.05, 0.1) is 6.54 Å². The Morgan fingerprint density at radius 1 is 1.27 bits per heavy atom. The number of nitrogen functional groups attached to an aromatic ring is 1. The fourth-order valence-electron chi connectivity index (χ4n) is 1.26. The van der Waals surface area contributed by atoms with Crippen molar-refractivity contribution in [1.29, 1.82) is 0 Å². The number of nitrogens with two attached hydrogens (primary N) is 1. The van der Waals surface area contributed by atoms with E-state index in [0.29, 0.717) is 6.54 Å². The van der Waals surface area contributed by atoms with Crippen LogP contribution in [0.5, 0.6) is 0 Å². The van der Waals surface area contributed by atoms with Crippen molar-refractivity contribution in [2.24, 2.45) is 0 Å². The second-order valence-corrected chi connectivity index (χ2v) is 3.14. The molecule has 0 unspecified atom stereocenters. The largest absolute Gasteiger partial charge is 0.367 e. The molecule has 0 bridgehead atoms. The van der Waals surface area contributed by atoms with Crippen molar-refractivity contribution in [1.82, 2.24) is 20.2 Å². The summed E-state index contributed by atoms with van der Waals surface area (Å²) < 4.78 is 14.1. The van der Waals surface area contributed by atoms with Crippen LogP contribution in [0.2, 0.25) is 0 Å². The Morgan fingerprint density at radius 2 is 2.00 bits per heavy atom. The van der Waals surface area contributed by atoms with Gasteiger partial charge in [-0.05, 0) is 34.5 Å². The number of aryl methyl sites for hydroxylation is 2. The first-order valence-electron chi connectivity index (χ1n) is 4.52. The zero-order valence-corrected chi connectivity index (χ0v) is 7.97. The second-order valence-electron chi connectivity index (χ2n) is 3.14. The molecule has 0 aliphatic heterocycles. The Morgan fingerprint density at radius 3 is 2.60 bits per heavy atom. The van der Waals surface area contributed by atoms with E-state index in [1.807, 2.05) is 0 Å². The van der Waals surface area contributed by atoms with Crippen molar-refractivity contribution in [3.63, 3.8) is 0 Å². The van der Waals surface area contributed by atoms with E-state index in [1.165, 1.54) is 16.8 Å². The van der Waals surface area contributed by atoms with Crippen molar-refractivity contribution in [3.05, 3.63) is 35.6 Å². The number of hydrogen-bond acceptors (Lipinski definition) is 4. The summed E-state index contributed by atoms with van der Waals surface area (Å²) in [6.07, 6.45) is 0.718. The maximum Gasteiger partial charge on any atom is 0.240 e. The molecule has 0 spiro atoms. The van der Waals surface area contributed by atoms with Crippen molar-refractivity contribution in [3.8, 4) is 0 Å². The minimum Gasteiger partial charge on any atom is -0.367 e. The van der Waals surface area contributed by atoms with Crippen LogP contribution in [0.3, 0.4) is 0 Å². The predicted molar refractivity (Wildman–Crippen MR) is 52.3 cm³/mol. The number of anilines is 1. The highest BCUT2D eigenvalue weighted by atomic mass is 19.1. The molecule has 0 fully saturated rings. The Balaban J connectivity index is 1.99. The molecule has 6 heteroatoms. The lowest BCUT2D eigenvalue weighted by Gasteiger charge is -2.01. The molecular formula is C9H10FN5. The van der Waals surface area contributed by atoms with E-state index in [1.54, 1.807) is 12.1 Å². The molecule has 0 aliphatic carbocycles. The van der Waals surface area contributed by atoms with Crippen molar-refractivity contribution >= 4 is 5.95 Å². The van der Waals surface area contributed by atoms with Gasteiger partial charge < -0.3 is 5.73 Å². The monoisotopic (exact) mass is 207 g/mol. The zero-order chi connectivity index (χ0) is 10.7. The average molecular weight is 207 g/mol. The van der Waals surface area contributed by atoms with Crippen molar-refractivity contribution in [2.75, 3.05) is 5.73 Å². The van der Waals surface area contributed by atoms with Gasteiger partial charge in [0.15, 0.2) is 0 Å². The number of tetrazole rings is 1. The molecule has 0 saturated carbocycles. The highest BCUT2D eigenvalue weighted by Gasteiger charge is 2.01. The Labute approximate surface area is 85.7 Å². The summed E-state index contributed by atoms with van der Waals surface area (Å²) in [5, 5.41) is 10.7. The van der Waals surface area contributed by atoms with Crippen LogP contribution in [0.1, 0.15) is 5.56 Å². The highest BCUT2D eigenvalue weighted by Crippen LogP contribution is 2.05. The molecule has 0 saturated heterocycles. The first-order chi connectivity index (χ1) is 7.25. The second kappa shape index (κ2) is 4.04. The molecule has 1 aromatic heterocycles. The quantitative estimate of drug-likeness (QED) is 0.801. The summed E-state index contributed by atoms with van der Waals surface area (Å²) in [7, 11) is 0. The van der Waals surface area contributed by atoms with Crippen molar-refractivity contribution in [2.45, 2.75) is 13.0 Å². The first-order valence-corrected chi connectivity index (χ1v) is 4.52. The lowest BCUT2D eigenvalue weighted by atomic mass is 10.1.